The predicted molar refractivity (Wildman–Crippen MR) is 71.7 cm³/mol. The molecule has 0 radical (unpaired) electrons. The van der Waals surface area contributed by atoms with E-state index in [1.165, 1.54) is 12.1 Å². The van der Waals surface area contributed by atoms with Crippen molar-refractivity contribution in [1.82, 2.24) is 0 Å². The topological polar surface area (TPSA) is 37.3 Å². The fraction of sp³-hybridized carbons (Fsp3) is 0.188. The first-order valence-electron chi connectivity index (χ1n) is 6.10. The van der Waals surface area contributed by atoms with Crippen LogP contribution in [0.5, 0.6) is 0 Å². The molecule has 19 heavy (non-hydrogen) atoms. The largest absolute Gasteiger partial charge is 0.481 e. The lowest BCUT2D eigenvalue weighted by atomic mass is 9.88. The van der Waals surface area contributed by atoms with Gasteiger partial charge in [0.1, 0.15) is 5.82 Å². The van der Waals surface area contributed by atoms with Gasteiger partial charge in [-0.15, -0.1) is 0 Å². The van der Waals surface area contributed by atoms with Crippen molar-refractivity contribution >= 4 is 5.97 Å². The van der Waals surface area contributed by atoms with Gasteiger partial charge in [0.05, 0.1) is 6.42 Å². The third kappa shape index (κ3) is 3.41. The Morgan fingerprint density at radius 3 is 2.00 bits per heavy atom. The number of hydrogen-bond donors (Lipinski definition) is 1. The van der Waals surface area contributed by atoms with E-state index in [2.05, 4.69) is 0 Å². The lowest BCUT2D eigenvalue weighted by Crippen LogP contribution is -2.08. The Labute approximate surface area is 111 Å². The molecule has 0 saturated carbocycles. The van der Waals surface area contributed by atoms with Gasteiger partial charge in [-0.05, 0) is 30.2 Å². The Morgan fingerprint density at radius 1 is 1.05 bits per heavy atom. The number of carboxylic acid groups (broad SMARTS) is 1. The van der Waals surface area contributed by atoms with E-state index in [1.54, 1.807) is 12.1 Å². The van der Waals surface area contributed by atoms with Crippen molar-refractivity contribution in [3.63, 3.8) is 0 Å². The number of halogens is 1. The minimum atomic E-state index is -0.866. The number of aliphatic carboxylic acids is 1. The average molecular weight is 258 g/mol. The highest BCUT2D eigenvalue weighted by atomic mass is 19.1. The molecule has 0 fully saturated rings. The molecule has 3 heteroatoms. The molecule has 2 nitrogen and oxygen atoms in total. The summed E-state index contributed by atoms with van der Waals surface area (Å²) in [4.78, 5) is 11.0. The lowest BCUT2D eigenvalue weighted by Gasteiger charge is -2.16. The van der Waals surface area contributed by atoms with Gasteiger partial charge in [-0.2, -0.15) is 0 Å². The monoisotopic (exact) mass is 258 g/mol. The number of rotatable bonds is 4. The van der Waals surface area contributed by atoms with Crippen molar-refractivity contribution in [2.45, 2.75) is 19.3 Å². The Kier molecular flexibility index (Phi) is 3.95. The van der Waals surface area contributed by atoms with Crippen LogP contribution in [0.1, 0.15) is 29.0 Å². The quantitative estimate of drug-likeness (QED) is 0.907. The van der Waals surface area contributed by atoms with E-state index < -0.39 is 5.97 Å². The van der Waals surface area contributed by atoms with Crippen molar-refractivity contribution in [3.05, 3.63) is 71.0 Å². The van der Waals surface area contributed by atoms with Crippen LogP contribution in [-0.2, 0) is 4.79 Å². The fourth-order valence-electron chi connectivity index (χ4n) is 2.10. The number of hydrogen-bond acceptors (Lipinski definition) is 1. The number of benzene rings is 2. The molecule has 0 aliphatic rings. The fourth-order valence-corrected chi connectivity index (χ4v) is 2.10. The predicted octanol–water partition coefficient (Wildman–Crippen LogP) is 3.74. The molecule has 2 aromatic carbocycles. The van der Waals surface area contributed by atoms with Crippen LogP contribution >= 0.6 is 0 Å². The zero-order valence-corrected chi connectivity index (χ0v) is 10.6. The number of aryl methyl sites for hydroxylation is 1. The Morgan fingerprint density at radius 2 is 1.53 bits per heavy atom. The molecule has 0 saturated heterocycles. The second kappa shape index (κ2) is 5.65. The SMILES string of the molecule is Cc1ccc(C(CC(=O)O)c2ccc(F)cc2)cc1. The molecule has 1 unspecified atom stereocenters. The van der Waals surface area contributed by atoms with E-state index in [1.807, 2.05) is 31.2 Å². The molecule has 1 atom stereocenters. The Bertz CT molecular complexity index is 513. The Hall–Kier alpha value is -2.16. The summed E-state index contributed by atoms with van der Waals surface area (Å²) in [5.74, 6) is -1.43. The van der Waals surface area contributed by atoms with Gasteiger partial charge in [0.2, 0.25) is 0 Å². The molecule has 0 aromatic heterocycles. The van der Waals surface area contributed by atoms with Crippen LogP contribution in [0.2, 0.25) is 0 Å². The normalized spacial score (nSPS) is 12.1. The van der Waals surface area contributed by atoms with Crippen LogP contribution < -0.4 is 0 Å². The van der Waals surface area contributed by atoms with Crippen LogP contribution in [0.25, 0.3) is 0 Å². The van der Waals surface area contributed by atoms with Crippen LogP contribution in [-0.4, -0.2) is 11.1 Å². The zero-order chi connectivity index (χ0) is 13.8. The second-order valence-corrected chi connectivity index (χ2v) is 4.61. The number of carboxylic acids is 1. The van der Waals surface area contributed by atoms with E-state index in [4.69, 9.17) is 5.11 Å². The minimum absolute atomic E-state index is 0.00526. The van der Waals surface area contributed by atoms with Gasteiger partial charge in [0.15, 0.2) is 0 Å². The van der Waals surface area contributed by atoms with Crippen LogP contribution in [0, 0.1) is 12.7 Å². The van der Waals surface area contributed by atoms with Crippen LogP contribution in [0.4, 0.5) is 4.39 Å². The zero-order valence-electron chi connectivity index (χ0n) is 10.6. The molecule has 98 valence electrons. The van der Waals surface area contributed by atoms with Crippen LogP contribution in [0.3, 0.4) is 0 Å². The molecule has 0 aliphatic carbocycles. The lowest BCUT2D eigenvalue weighted by molar-refractivity contribution is -0.137. The smallest absolute Gasteiger partial charge is 0.304 e. The van der Waals surface area contributed by atoms with Crippen molar-refractivity contribution in [1.29, 1.82) is 0 Å². The molecule has 1 N–H and O–H groups in total. The van der Waals surface area contributed by atoms with Crippen molar-refractivity contribution in [2.24, 2.45) is 0 Å². The third-order valence-corrected chi connectivity index (χ3v) is 3.13. The first-order chi connectivity index (χ1) is 9.06. The van der Waals surface area contributed by atoms with Crippen molar-refractivity contribution < 1.29 is 14.3 Å². The van der Waals surface area contributed by atoms with Crippen molar-refractivity contribution in [2.75, 3.05) is 0 Å². The molecule has 2 aromatic rings. The molecule has 0 heterocycles. The first-order valence-corrected chi connectivity index (χ1v) is 6.10. The summed E-state index contributed by atoms with van der Waals surface area (Å²) < 4.78 is 13.0. The molecule has 0 spiro atoms. The van der Waals surface area contributed by atoms with Gasteiger partial charge in [0, 0.05) is 5.92 Å². The highest BCUT2D eigenvalue weighted by Gasteiger charge is 2.17. The van der Waals surface area contributed by atoms with Gasteiger partial charge < -0.3 is 5.11 Å². The van der Waals surface area contributed by atoms with Gasteiger partial charge in [-0.25, -0.2) is 4.39 Å². The maximum Gasteiger partial charge on any atom is 0.304 e. The first kappa shape index (κ1) is 13.3. The summed E-state index contributed by atoms with van der Waals surface area (Å²) in [5, 5.41) is 9.04. The summed E-state index contributed by atoms with van der Waals surface area (Å²) >= 11 is 0. The average Bonchev–Trinajstić information content (AvgIpc) is 2.38. The van der Waals surface area contributed by atoms with Crippen molar-refractivity contribution in [3.8, 4) is 0 Å². The maximum absolute atomic E-state index is 13.0. The highest BCUT2D eigenvalue weighted by molar-refractivity contribution is 5.69. The molecule has 0 aliphatic heterocycles. The molecule has 0 amide bonds. The molecular formula is C16H15FO2. The maximum atomic E-state index is 13.0. The summed E-state index contributed by atoms with van der Waals surface area (Å²) in [6.07, 6.45) is -0.00526. The minimum Gasteiger partial charge on any atom is -0.481 e. The molecule has 0 bridgehead atoms. The summed E-state index contributed by atoms with van der Waals surface area (Å²) in [5.41, 5.74) is 2.86. The second-order valence-electron chi connectivity index (χ2n) is 4.61. The number of carbonyl (C=O) groups is 1. The highest BCUT2D eigenvalue weighted by Crippen LogP contribution is 2.28. The van der Waals surface area contributed by atoms with E-state index >= 15 is 0 Å². The van der Waals surface area contributed by atoms with E-state index in [0.29, 0.717) is 0 Å². The van der Waals surface area contributed by atoms with Gasteiger partial charge >= 0.3 is 5.97 Å². The van der Waals surface area contributed by atoms with E-state index in [0.717, 1.165) is 16.7 Å². The van der Waals surface area contributed by atoms with Crippen LogP contribution in [0.15, 0.2) is 48.5 Å². The van der Waals surface area contributed by atoms with Gasteiger partial charge in [-0.3, -0.25) is 4.79 Å². The van der Waals surface area contributed by atoms with Gasteiger partial charge in [-0.1, -0.05) is 42.0 Å². The van der Waals surface area contributed by atoms with E-state index in [9.17, 15) is 9.18 Å². The summed E-state index contributed by atoms with van der Waals surface area (Å²) in [7, 11) is 0. The third-order valence-electron chi connectivity index (χ3n) is 3.13. The van der Waals surface area contributed by atoms with E-state index in [-0.39, 0.29) is 18.2 Å². The molecular weight excluding hydrogens is 243 g/mol. The Balaban J connectivity index is 2.37. The van der Waals surface area contributed by atoms with Gasteiger partial charge in [0.25, 0.3) is 0 Å². The standard InChI is InChI=1S/C16H15FO2/c1-11-2-4-12(5-3-11)15(10-16(18)19)13-6-8-14(17)9-7-13/h2-9,15H,10H2,1H3,(H,18,19). The summed E-state index contributed by atoms with van der Waals surface area (Å²) in [6, 6.07) is 13.8. The molecule has 2 rings (SSSR count). The summed E-state index contributed by atoms with van der Waals surface area (Å²) in [6.45, 7) is 1.98.